The van der Waals surface area contributed by atoms with Gasteiger partial charge in [-0.1, -0.05) is 50.7 Å². The van der Waals surface area contributed by atoms with Gasteiger partial charge in [0.15, 0.2) is 0 Å². The van der Waals surface area contributed by atoms with Gasteiger partial charge in [0.1, 0.15) is 7.28 Å². The molecule has 0 spiro atoms. The van der Waals surface area contributed by atoms with Gasteiger partial charge in [-0.2, -0.15) is 0 Å². The molecule has 0 bridgehead atoms. The standard InChI is InChI=1S/C9H17B/c1-10-9-6-2-4-8(9)5-3-7-9/h8,10H,2-7H2,1H3. The van der Waals surface area contributed by atoms with E-state index in [1.165, 1.54) is 20.1 Å². The predicted octanol–water partition coefficient (Wildman–Crippen LogP) is 2.61. The lowest BCUT2D eigenvalue weighted by Gasteiger charge is -2.26. The normalized spacial score (nSPS) is 45.5. The van der Waals surface area contributed by atoms with Crippen molar-refractivity contribution in [2.24, 2.45) is 5.92 Å². The second-order valence-electron chi connectivity index (χ2n) is 4.20. The Hall–Kier alpha value is 0.0649. The Morgan fingerprint density at radius 1 is 1.20 bits per heavy atom. The summed E-state index contributed by atoms with van der Waals surface area (Å²) in [7, 11) is 1.46. The van der Waals surface area contributed by atoms with E-state index in [4.69, 9.17) is 0 Å². The fourth-order valence-corrected chi connectivity index (χ4v) is 3.33. The smallest absolute Gasteiger partial charge is 0.0888 e. The SMILES string of the molecule is CBC12CCCC1CCC2. The van der Waals surface area contributed by atoms with Crippen LogP contribution in [0.4, 0.5) is 0 Å². The summed E-state index contributed by atoms with van der Waals surface area (Å²) < 4.78 is 0. The van der Waals surface area contributed by atoms with E-state index >= 15 is 0 Å². The van der Waals surface area contributed by atoms with Gasteiger partial charge in [-0.3, -0.25) is 0 Å². The molecular weight excluding hydrogens is 119 g/mol. The van der Waals surface area contributed by atoms with E-state index in [1.807, 2.05) is 0 Å². The maximum atomic E-state index is 2.39. The molecule has 0 unspecified atom stereocenters. The fraction of sp³-hybridized carbons (Fsp3) is 1.00. The number of fused-ring (bicyclic) bond motifs is 1. The average molecular weight is 136 g/mol. The molecule has 0 nitrogen and oxygen atoms in total. The zero-order chi connectivity index (χ0) is 7.03. The molecular formula is C9H17B. The highest BCUT2D eigenvalue weighted by Crippen LogP contribution is 2.59. The molecule has 2 aliphatic rings. The monoisotopic (exact) mass is 136 g/mol. The maximum absolute atomic E-state index is 2.39. The fourth-order valence-electron chi connectivity index (χ4n) is 3.33. The van der Waals surface area contributed by atoms with Gasteiger partial charge >= 0.3 is 0 Å². The van der Waals surface area contributed by atoms with Gasteiger partial charge in [-0.05, 0) is 5.92 Å². The molecule has 2 fully saturated rings. The molecule has 0 aromatic rings. The predicted molar refractivity (Wildman–Crippen MR) is 46.9 cm³/mol. The molecule has 2 aliphatic carbocycles. The van der Waals surface area contributed by atoms with Crippen molar-refractivity contribution in [2.75, 3.05) is 0 Å². The highest BCUT2D eigenvalue weighted by molar-refractivity contribution is 6.38. The molecule has 0 amide bonds. The summed E-state index contributed by atoms with van der Waals surface area (Å²) in [6.07, 6.45) is 9.25. The quantitative estimate of drug-likeness (QED) is 0.486. The number of hydrogen-bond acceptors (Lipinski definition) is 0. The van der Waals surface area contributed by atoms with Crippen molar-refractivity contribution in [3.63, 3.8) is 0 Å². The van der Waals surface area contributed by atoms with E-state index in [1.54, 1.807) is 25.7 Å². The van der Waals surface area contributed by atoms with Gasteiger partial charge in [0.25, 0.3) is 0 Å². The Kier molecular flexibility index (Phi) is 1.54. The summed E-state index contributed by atoms with van der Waals surface area (Å²) >= 11 is 0. The first-order valence-electron chi connectivity index (χ1n) is 4.87. The van der Waals surface area contributed by atoms with E-state index in [0.717, 1.165) is 11.2 Å². The van der Waals surface area contributed by atoms with E-state index < -0.39 is 0 Å². The molecule has 0 atom stereocenters. The Morgan fingerprint density at radius 2 is 1.80 bits per heavy atom. The van der Waals surface area contributed by atoms with Crippen molar-refractivity contribution in [3.05, 3.63) is 0 Å². The van der Waals surface area contributed by atoms with Crippen LogP contribution in [0.3, 0.4) is 0 Å². The molecule has 0 radical (unpaired) electrons. The van der Waals surface area contributed by atoms with Crippen molar-refractivity contribution in [3.8, 4) is 0 Å². The van der Waals surface area contributed by atoms with Gasteiger partial charge in [0, 0.05) is 0 Å². The summed E-state index contributed by atoms with van der Waals surface area (Å²) in [6.45, 7) is 2.39. The Bertz CT molecular complexity index is 121. The lowest BCUT2D eigenvalue weighted by Crippen LogP contribution is -2.17. The van der Waals surface area contributed by atoms with Crippen molar-refractivity contribution in [1.82, 2.24) is 0 Å². The lowest BCUT2D eigenvalue weighted by molar-refractivity contribution is 0.475. The lowest BCUT2D eigenvalue weighted by atomic mass is 9.50. The molecule has 0 aliphatic heterocycles. The van der Waals surface area contributed by atoms with Crippen molar-refractivity contribution >= 4 is 7.28 Å². The molecule has 0 heterocycles. The third-order valence-corrected chi connectivity index (χ3v) is 4.02. The van der Waals surface area contributed by atoms with Crippen LogP contribution in [0.2, 0.25) is 12.1 Å². The minimum absolute atomic E-state index is 0.847. The first-order chi connectivity index (χ1) is 4.87. The Balaban J connectivity index is 2.15. The minimum Gasteiger partial charge on any atom is -0.0888 e. The Labute approximate surface area is 64.6 Å². The first-order valence-corrected chi connectivity index (χ1v) is 4.87. The van der Waals surface area contributed by atoms with Gasteiger partial charge in [-0.25, -0.2) is 0 Å². The highest BCUT2D eigenvalue weighted by atomic mass is 14.4. The maximum Gasteiger partial charge on any atom is 0.125 e. The minimum atomic E-state index is 0.847. The van der Waals surface area contributed by atoms with Gasteiger partial charge in [0.05, 0.1) is 0 Å². The van der Waals surface area contributed by atoms with Crippen LogP contribution in [-0.4, -0.2) is 7.28 Å². The van der Waals surface area contributed by atoms with Crippen LogP contribution in [0.15, 0.2) is 0 Å². The molecule has 0 N–H and O–H groups in total. The second-order valence-corrected chi connectivity index (χ2v) is 4.20. The average Bonchev–Trinajstić information content (AvgIpc) is 2.42. The van der Waals surface area contributed by atoms with Crippen molar-refractivity contribution in [1.29, 1.82) is 0 Å². The molecule has 1 heteroatoms. The van der Waals surface area contributed by atoms with Crippen molar-refractivity contribution in [2.45, 2.75) is 50.7 Å². The second kappa shape index (κ2) is 2.28. The van der Waals surface area contributed by atoms with Crippen LogP contribution in [-0.2, 0) is 0 Å². The largest absolute Gasteiger partial charge is 0.125 e. The van der Waals surface area contributed by atoms with Crippen LogP contribution in [0, 0.1) is 5.92 Å². The summed E-state index contributed by atoms with van der Waals surface area (Å²) in [4.78, 5) is 0. The van der Waals surface area contributed by atoms with E-state index in [2.05, 4.69) is 6.82 Å². The third kappa shape index (κ3) is 0.757. The molecule has 10 heavy (non-hydrogen) atoms. The number of hydrogen-bond donors (Lipinski definition) is 0. The Morgan fingerprint density at radius 3 is 2.20 bits per heavy atom. The van der Waals surface area contributed by atoms with Gasteiger partial charge in [0.2, 0.25) is 0 Å². The van der Waals surface area contributed by atoms with Crippen molar-refractivity contribution < 1.29 is 0 Å². The highest BCUT2D eigenvalue weighted by Gasteiger charge is 2.44. The van der Waals surface area contributed by atoms with Gasteiger partial charge in [-0.15, -0.1) is 0 Å². The van der Waals surface area contributed by atoms with Crippen LogP contribution >= 0.6 is 0 Å². The summed E-state index contributed by atoms with van der Waals surface area (Å²) in [5.41, 5.74) is 0. The molecule has 0 saturated heterocycles. The zero-order valence-corrected chi connectivity index (χ0v) is 7.03. The summed E-state index contributed by atoms with van der Waals surface area (Å²) in [5, 5.41) is 0.847. The van der Waals surface area contributed by atoms with Crippen LogP contribution in [0.25, 0.3) is 0 Å². The topological polar surface area (TPSA) is 0 Å². The van der Waals surface area contributed by atoms with Crippen LogP contribution < -0.4 is 0 Å². The van der Waals surface area contributed by atoms with Crippen LogP contribution in [0.5, 0.6) is 0 Å². The van der Waals surface area contributed by atoms with E-state index in [0.29, 0.717) is 0 Å². The number of rotatable bonds is 1. The molecule has 2 rings (SSSR count). The van der Waals surface area contributed by atoms with E-state index in [9.17, 15) is 0 Å². The van der Waals surface area contributed by atoms with E-state index in [-0.39, 0.29) is 0 Å². The summed E-state index contributed by atoms with van der Waals surface area (Å²) in [5.74, 6) is 1.14. The van der Waals surface area contributed by atoms with Gasteiger partial charge < -0.3 is 0 Å². The van der Waals surface area contributed by atoms with Crippen LogP contribution in [0.1, 0.15) is 38.5 Å². The third-order valence-electron chi connectivity index (χ3n) is 4.02. The first kappa shape index (κ1) is 6.76. The molecule has 0 aromatic carbocycles. The summed E-state index contributed by atoms with van der Waals surface area (Å²) in [6, 6.07) is 0. The molecule has 56 valence electrons. The molecule has 0 aromatic heterocycles. The molecule has 2 saturated carbocycles. The zero-order valence-electron chi connectivity index (χ0n) is 7.03.